The van der Waals surface area contributed by atoms with Crippen molar-refractivity contribution < 1.29 is 9.18 Å². The molecule has 0 N–H and O–H groups in total. The molecule has 0 spiro atoms. The van der Waals surface area contributed by atoms with Crippen LogP contribution in [-0.4, -0.2) is 33.8 Å². The molecule has 0 unspecified atom stereocenters. The summed E-state index contributed by atoms with van der Waals surface area (Å²) in [5.74, 6) is -0.00635. The van der Waals surface area contributed by atoms with E-state index in [-0.39, 0.29) is 11.6 Å². The minimum absolute atomic E-state index is 0.104. The molecular weight excluding hydrogens is 305 g/mol. The molecular formula is C16H17ClFN3O. The molecule has 0 radical (unpaired) electrons. The Bertz CT molecular complexity index is 741. The molecule has 0 bridgehead atoms. The zero-order valence-electron chi connectivity index (χ0n) is 12.6. The predicted octanol–water partition coefficient (Wildman–Crippen LogP) is 3.38. The van der Waals surface area contributed by atoms with Crippen molar-refractivity contribution in [2.75, 3.05) is 13.6 Å². The summed E-state index contributed by atoms with van der Waals surface area (Å²) in [7, 11) is 2.01. The standard InChI is InChI=1S/C16H17ClFN3O/c1-10(22)15-14-9-20(2)6-3-7-21(14)16(19-15)12-8-11(17)4-5-13(12)18/h4-5,8H,3,6-7,9H2,1-2H3. The van der Waals surface area contributed by atoms with Crippen LogP contribution in [0.2, 0.25) is 5.02 Å². The first-order chi connectivity index (χ1) is 10.5. The second-order valence-electron chi connectivity index (χ2n) is 5.65. The lowest BCUT2D eigenvalue weighted by Crippen LogP contribution is -2.18. The highest BCUT2D eigenvalue weighted by Crippen LogP contribution is 2.29. The Morgan fingerprint density at radius 3 is 2.86 bits per heavy atom. The Labute approximate surface area is 133 Å². The van der Waals surface area contributed by atoms with Gasteiger partial charge >= 0.3 is 0 Å². The number of Topliss-reactive ketones (excluding diaryl/α,β-unsaturated/α-hetero) is 1. The Balaban J connectivity index is 2.22. The maximum atomic E-state index is 14.2. The van der Waals surface area contributed by atoms with Gasteiger partial charge in [0.25, 0.3) is 0 Å². The summed E-state index contributed by atoms with van der Waals surface area (Å²) < 4.78 is 16.2. The van der Waals surface area contributed by atoms with Crippen LogP contribution in [-0.2, 0) is 13.1 Å². The lowest BCUT2D eigenvalue weighted by molar-refractivity contribution is 0.101. The number of halogens is 2. The van der Waals surface area contributed by atoms with Gasteiger partial charge in [0, 0.05) is 25.0 Å². The van der Waals surface area contributed by atoms with Crippen molar-refractivity contribution in [3.63, 3.8) is 0 Å². The Hall–Kier alpha value is -1.72. The molecule has 0 atom stereocenters. The summed E-state index contributed by atoms with van der Waals surface area (Å²) in [4.78, 5) is 18.5. The van der Waals surface area contributed by atoms with E-state index in [1.165, 1.54) is 19.1 Å². The van der Waals surface area contributed by atoms with Crippen molar-refractivity contribution in [1.29, 1.82) is 0 Å². The second-order valence-corrected chi connectivity index (χ2v) is 6.09. The van der Waals surface area contributed by atoms with Crippen molar-refractivity contribution in [3.05, 3.63) is 40.4 Å². The topological polar surface area (TPSA) is 38.1 Å². The van der Waals surface area contributed by atoms with E-state index in [0.717, 1.165) is 18.7 Å². The normalized spacial score (nSPS) is 15.5. The number of imidazole rings is 1. The van der Waals surface area contributed by atoms with Crippen LogP contribution in [0.15, 0.2) is 18.2 Å². The van der Waals surface area contributed by atoms with Gasteiger partial charge in [-0.05, 0) is 38.2 Å². The molecule has 1 aliphatic rings. The molecule has 1 aromatic heterocycles. The maximum Gasteiger partial charge on any atom is 0.180 e. The monoisotopic (exact) mass is 321 g/mol. The Morgan fingerprint density at radius 1 is 1.36 bits per heavy atom. The first kappa shape index (κ1) is 15.2. The summed E-state index contributed by atoms with van der Waals surface area (Å²) in [6.07, 6.45) is 0.923. The van der Waals surface area contributed by atoms with Crippen LogP contribution in [0.3, 0.4) is 0 Å². The van der Waals surface area contributed by atoms with Crippen LogP contribution in [0.25, 0.3) is 11.4 Å². The number of hydrogen-bond acceptors (Lipinski definition) is 3. The van der Waals surface area contributed by atoms with Crippen molar-refractivity contribution in [1.82, 2.24) is 14.5 Å². The maximum absolute atomic E-state index is 14.2. The van der Waals surface area contributed by atoms with Gasteiger partial charge in [-0.15, -0.1) is 0 Å². The molecule has 22 heavy (non-hydrogen) atoms. The van der Waals surface area contributed by atoms with Crippen molar-refractivity contribution >= 4 is 17.4 Å². The van der Waals surface area contributed by atoms with E-state index in [2.05, 4.69) is 9.88 Å². The molecule has 6 heteroatoms. The fourth-order valence-corrected chi connectivity index (χ4v) is 3.05. The van der Waals surface area contributed by atoms with Gasteiger partial charge in [0.15, 0.2) is 5.78 Å². The number of aromatic nitrogens is 2. The molecule has 2 aromatic rings. The summed E-state index contributed by atoms with van der Waals surface area (Å²) >= 11 is 6.00. The van der Waals surface area contributed by atoms with E-state index < -0.39 is 0 Å². The molecule has 3 rings (SSSR count). The van der Waals surface area contributed by atoms with Gasteiger partial charge in [0.05, 0.1) is 11.3 Å². The number of carbonyl (C=O) groups excluding carboxylic acids is 1. The number of ketones is 1. The van der Waals surface area contributed by atoms with Gasteiger partial charge < -0.3 is 9.47 Å². The lowest BCUT2D eigenvalue weighted by Gasteiger charge is -2.12. The van der Waals surface area contributed by atoms with Crippen LogP contribution >= 0.6 is 11.6 Å². The highest BCUT2D eigenvalue weighted by atomic mass is 35.5. The minimum atomic E-state index is -0.384. The van der Waals surface area contributed by atoms with Crippen LogP contribution in [0.1, 0.15) is 29.5 Å². The van der Waals surface area contributed by atoms with Crippen LogP contribution in [0.5, 0.6) is 0 Å². The molecule has 116 valence electrons. The van der Waals surface area contributed by atoms with Crippen molar-refractivity contribution in [2.45, 2.75) is 26.4 Å². The predicted molar refractivity (Wildman–Crippen MR) is 83.6 cm³/mol. The van der Waals surface area contributed by atoms with E-state index in [4.69, 9.17) is 11.6 Å². The second kappa shape index (κ2) is 5.82. The third-order valence-electron chi connectivity index (χ3n) is 3.92. The van der Waals surface area contributed by atoms with E-state index in [0.29, 0.717) is 35.2 Å². The van der Waals surface area contributed by atoms with Gasteiger partial charge in [-0.3, -0.25) is 4.79 Å². The molecule has 2 heterocycles. The minimum Gasteiger partial charge on any atom is -0.326 e. The Kier molecular flexibility index (Phi) is 4.02. The smallest absolute Gasteiger partial charge is 0.180 e. The average molecular weight is 322 g/mol. The summed E-state index contributed by atoms with van der Waals surface area (Å²) in [6.45, 7) is 3.76. The summed E-state index contributed by atoms with van der Waals surface area (Å²) in [6, 6.07) is 4.40. The van der Waals surface area contributed by atoms with Crippen LogP contribution < -0.4 is 0 Å². The third-order valence-corrected chi connectivity index (χ3v) is 4.15. The van der Waals surface area contributed by atoms with E-state index in [1.807, 2.05) is 11.6 Å². The zero-order chi connectivity index (χ0) is 15.9. The largest absolute Gasteiger partial charge is 0.326 e. The molecule has 4 nitrogen and oxygen atoms in total. The van der Waals surface area contributed by atoms with Gasteiger partial charge in [-0.1, -0.05) is 11.6 Å². The number of carbonyl (C=O) groups is 1. The van der Waals surface area contributed by atoms with Crippen molar-refractivity contribution in [3.8, 4) is 11.4 Å². The first-order valence-electron chi connectivity index (χ1n) is 7.21. The first-order valence-corrected chi connectivity index (χ1v) is 7.59. The van der Waals surface area contributed by atoms with E-state index in [1.54, 1.807) is 6.07 Å². The average Bonchev–Trinajstić information content (AvgIpc) is 2.69. The molecule has 0 fully saturated rings. The highest BCUT2D eigenvalue weighted by molar-refractivity contribution is 6.30. The fourth-order valence-electron chi connectivity index (χ4n) is 2.88. The quantitative estimate of drug-likeness (QED) is 0.796. The van der Waals surface area contributed by atoms with Gasteiger partial charge in [0.2, 0.25) is 0 Å². The number of rotatable bonds is 2. The van der Waals surface area contributed by atoms with Gasteiger partial charge in [0.1, 0.15) is 17.3 Å². The fraction of sp³-hybridized carbons (Fsp3) is 0.375. The number of hydrogen-bond donors (Lipinski definition) is 0. The molecule has 0 saturated carbocycles. The van der Waals surface area contributed by atoms with E-state index >= 15 is 0 Å². The molecule has 0 aliphatic carbocycles. The van der Waals surface area contributed by atoms with Crippen LogP contribution in [0, 0.1) is 5.82 Å². The van der Waals surface area contributed by atoms with Gasteiger partial charge in [-0.25, -0.2) is 9.37 Å². The molecule has 0 amide bonds. The third kappa shape index (κ3) is 2.66. The summed E-state index contributed by atoms with van der Waals surface area (Å²) in [5, 5.41) is 0.448. The molecule has 0 saturated heterocycles. The zero-order valence-corrected chi connectivity index (χ0v) is 13.3. The highest BCUT2D eigenvalue weighted by Gasteiger charge is 2.25. The number of fused-ring (bicyclic) bond motifs is 1. The van der Waals surface area contributed by atoms with E-state index in [9.17, 15) is 9.18 Å². The molecule has 1 aliphatic heterocycles. The lowest BCUT2D eigenvalue weighted by atomic mass is 10.2. The van der Waals surface area contributed by atoms with Crippen molar-refractivity contribution in [2.24, 2.45) is 0 Å². The molecule has 1 aromatic carbocycles. The van der Waals surface area contributed by atoms with Crippen LogP contribution in [0.4, 0.5) is 4.39 Å². The number of benzene rings is 1. The SMILES string of the molecule is CC(=O)c1nc(-c2cc(Cl)ccc2F)n2c1CN(C)CCC2. The summed E-state index contributed by atoms with van der Waals surface area (Å²) in [5.41, 5.74) is 1.61. The Morgan fingerprint density at radius 2 is 2.14 bits per heavy atom. The number of nitrogens with zero attached hydrogens (tertiary/aromatic N) is 3. The van der Waals surface area contributed by atoms with Gasteiger partial charge in [-0.2, -0.15) is 0 Å².